The van der Waals surface area contributed by atoms with E-state index in [1.54, 1.807) is 6.07 Å². The van der Waals surface area contributed by atoms with Gasteiger partial charge in [-0.2, -0.15) is 0 Å². The molecule has 1 aromatic carbocycles. The number of aliphatic carboxylic acids is 1. The quantitative estimate of drug-likeness (QED) is 0.647. The van der Waals surface area contributed by atoms with Gasteiger partial charge in [-0.1, -0.05) is 26.0 Å². The molecular formula is C16H23NO6S. The van der Waals surface area contributed by atoms with Crippen LogP contribution in [0.25, 0.3) is 0 Å². The van der Waals surface area contributed by atoms with Crippen LogP contribution >= 0.6 is 0 Å². The van der Waals surface area contributed by atoms with Crippen LogP contribution in [0.5, 0.6) is 0 Å². The minimum absolute atomic E-state index is 0.0161. The van der Waals surface area contributed by atoms with E-state index in [4.69, 9.17) is 0 Å². The normalized spacial score (nSPS) is 12.8. The molecule has 1 rings (SSSR count). The van der Waals surface area contributed by atoms with Crippen molar-refractivity contribution in [3.63, 3.8) is 0 Å². The van der Waals surface area contributed by atoms with Crippen molar-refractivity contribution < 1.29 is 27.9 Å². The van der Waals surface area contributed by atoms with E-state index in [1.807, 2.05) is 13.8 Å². The van der Waals surface area contributed by atoms with Crippen LogP contribution in [0.2, 0.25) is 0 Å². The second kappa shape index (κ2) is 8.79. The Bertz CT molecular complexity index is 684. The summed E-state index contributed by atoms with van der Waals surface area (Å²) < 4.78 is 31.5. The number of benzene rings is 1. The predicted molar refractivity (Wildman–Crippen MR) is 87.9 cm³/mol. The number of nitrogens with one attached hydrogen (secondary N) is 1. The van der Waals surface area contributed by atoms with Gasteiger partial charge in [-0.15, -0.1) is 0 Å². The fraction of sp³-hybridized carbons (Fsp3) is 0.500. The topological polar surface area (TPSA) is 110 Å². The van der Waals surface area contributed by atoms with Gasteiger partial charge in [0.05, 0.1) is 24.3 Å². The molecule has 0 bridgehead atoms. The van der Waals surface area contributed by atoms with E-state index < -0.39 is 27.9 Å². The first-order chi connectivity index (χ1) is 11.2. The third-order valence-corrected chi connectivity index (χ3v) is 4.83. The molecule has 1 aromatic rings. The third kappa shape index (κ3) is 6.29. The van der Waals surface area contributed by atoms with Crippen LogP contribution in [0.1, 0.15) is 25.8 Å². The van der Waals surface area contributed by atoms with Gasteiger partial charge in [-0.25, -0.2) is 13.1 Å². The highest BCUT2D eigenvalue weighted by atomic mass is 32.2. The maximum Gasteiger partial charge on any atom is 0.309 e. The van der Waals surface area contributed by atoms with Crippen LogP contribution in [-0.2, 0) is 30.8 Å². The van der Waals surface area contributed by atoms with Crippen molar-refractivity contribution in [2.24, 2.45) is 11.8 Å². The third-order valence-electron chi connectivity index (χ3n) is 3.41. The monoisotopic (exact) mass is 357 g/mol. The van der Waals surface area contributed by atoms with Crippen molar-refractivity contribution in [3.8, 4) is 0 Å². The minimum atomic E-state index is -3.86. The number of ether oxygens (including phenoxy) is 1. The number of carbonyl (C=O) groups excluding carboxylic acids is 1. The molecule has 0 radical (unpaired) electrons. The highest BCUT2D eigenvalue weighted by Gasteiger charge is 2.23. The lowest BCUT2D eigenvalue weighted by molar-refractivity contribution is -0.142. The fourth-order valence-corrected chi connectivity index (χ4v) is 3.35. The zero-order valence-electron chi connectivity index (χ0n) is 14.0. The van der Waals surface area contributed by atoms with E-state index in [2.05, 4.69) is 9.46 Å². The largest absolute Gasteiger partial charge is 0.481 e. The number of carboxylic acids is 1. The summed E-state index contributed by atoms with van der Waals surface area (Å²) in [5.74, 6) is -2.16. The number of sulfonamides is 1. The zero-order valence-corrected chi connectivity index (χ0v) is 14.8. The molecule has 8 heteroatoms. The number of hydrogen-bond acceptors (Lipinski definition) is 5. The SMILES string of the molecule is COC(=O)Cc1cccc(S(=O)(=O)NCC(CC(C)C)C(=O)O)c1. The van der Waals surface area contributed by atoms with Crippen LogP contribution < -0.4 is 4.72 Å². The molecule has 1 unspecified atom stereocenters. The molecule has 0 aromatic heterocycles. The van der Waals surface area contributed by atoms with Gasteiger partial charge in [0, 0.05) is 6.54 Å². The van der Waals surface area contributed by atoms with Gasteiger partial charge in [0.2, 0.25) is 10.0 Å². The Morgan fingerprint density at radius 1 is 1.29 bits per heavy atom. The van der Waals surface area contributed by atoms with Gasteiger partial charge in [-0.05, 0) is 30.0 Å². The summed E-state index contributed by atoms with van der Waals surface area (Å²) in [4.78, 5) is 22.5. The van der Waals surface area contributed by atoms with Crippen molar-refractivity contribution in [1.29, 1.82) is 0 Å². The van der Waals surface area contributed by atoms with Crippen LogP contribution in [0, 0.1) is 11.8 Å². The van der Waals surface area contributed by atoms with Crippen molar-refractivity contribution in [3.05, 3.63) is 29.8 Å². The van der Waals surface area contributed by atoms with Crippen molar-refractivity contribution in [2.45, 2.75) is 31.6 Å². The Labute approximate surface area is 142 Å². The van der Waals surface area contributed by atoms with Crippen LogP contribution in [-0.4, -0.2) is 39.1 Å². The van der Waals surface area contributed by atoms with E-state index in [1.165, 1.54) is 25.3 Å². The highest BCUT2D eigenvalue weighted by molar-refractivity contribution is 7.89. The van der Waals surface area contributed by atoms with Gasteiger partial charge in [0.1, 0.15) is 0 Å². The number of methoxy groups -OCH3 is 1. The maximum absolute atomic E-state index is 12.3. The summed E-state index contributed by atoms with van der Waals surface area (Å²) in [6, 6.07) is 5.91. The first-order valence-electron chi connectivity index (χ1n) is 7.54. The van der Waals surface area contributed by atoms with Gasteiger partial charge >= 0.3 is 11.9 Å². The number of carboxylic acid groups (broad SMARTS) is 1. The molecule has 0 heterocycles. The molecule has 0 saturated carbocycles. The van der Waals surface area contributed by atoms with Crippen LogP contribution in [0.15, 0.2) is 29.2 Å². The first-order valence-corrected chi connectivity index (χ1v) is 9.02. The van der Waals surface area contributed by atoms with Crippen LogP contribution in [0.4, 0.5) is 0 Å². The Balaban J connectivity index is 2.86. The van der Waals surface area contributed by atoms with Crippen molar-refractivity contribution in [1.82, 2.24) is 4.72 Å². The molecule has 0 spiro atoms. The Hall–Kier alpha value is -1.93. The minimum Gasteiger partial charge on any atom is -0.481 e. The lowest BCUT2D eigenvalue weighted by Gasteiger charge is -2.15. The fourth-order valence-electron chi connectivity index (χ4n) is 2.20. The standard InChI is InChI=1S/C16H23NO6S/c1-11(2)7-13(16(19)20)10-17-24(21,22)14-6-4-5-12(8-14)9-15(18)23-3/h4-6,8,11,13,17H,7,9-10H2,1-3H3,(H,19,20). The molecule has 24 heavy (non-hydrogen) atoms. The van der Waals surface area contributed by atoms with E-state index in [-0.39, 0.29) is 23.8 Å². The summed E-state index contributed by atoms with van der Waals surface area (Å²) in [6.07, 6.45) is 0.338. The van der Waals surface area contributed by atoms with Crippen molar-refractivity contribution >= 4 is 22.0 Å². The maximum atomic E-state index is 12.3. The average molecular weight is 357 g/mol. The molecule has 0 amide bonds. The Kier molecular flexibility index (Phi) is 7.37. The summed E-state index contributed by atoms with van der Waals surface area (Å²) in [7, 11) is -2.60. The van der Waals surface area contributed by atoms with Crippen molar-refractivity contribution in [2.75, 3.05) is 13.7 Å². The van der Waals surface area contributed by atoms with E-state index in [9.17, 15) is 23.1 Å². The highest BCUT2D eigenvalue weighted by Crippen LogP contribution is 2.15. The zero-order chi connectivity index (χ0) is 18.3. The van der Waals surface area contributed by atoms with E-state index >= 15 is 0 Å². The second-order valence-electron chi connectivity index (χ2n) is 5.92. The molecule has 0 aliphatic carbocycles. The molecule has 1 atom stereocenters. The average Bonchev–Trinajstić information content (AvgIpc) is 2.51. The number of rotatable bonds is 9. The Morgan fingerprint density at radius 3 is 2.50 bits per heavy atom. The first kappa shape index (κ1) is 20.1. The molecule has 0 aliphatic rings. The van der Waals surface area contributed by atoms with Gasteiger partial charge in [0.15, 0.2) is 0 Å². The summed E-state index contributed by atoms with van der Waals surface area (Å²) in [5, 5.41) is 9.17. The lowest BCUT2D eigenvalue weighted by Crippen LogP contribution is -2.33. The molecule has 0 fully saturated rings. The summed E-state index contributed by atoms with van der Waals surface area (Å²) >= 11 is 0. The van der Waals surface area contributed by atoms with E-state index in [0.29, 0.717) is 12.0 Å². The number of carbonyl (C=O) groups is 2. The predicted octanol–water partition coefficient (Wildman–Crippen LogP) is 1.43. The molecule has 134 valence electrons. The summed E-state index contributed by atoms with van der Waals surface area (Å²) in [6.45, 7) is 3.57. The second-order valence-corrected chi connectivity index (χ2v) is 7.68. The van der Waals surface area contributed by atoms with E-state index in [0.717, 1.165) is 0 Å². The number of esters is 1. The van der Waals surface area contributed by atoms with Gasteiger partial charge in [0.25, 0.3) is 0 Å². The van der Waals surface area contributed by atoms with Crippen LogP contribution in [0.3, 0.4) is 0 Å². The molecule has 0 aliphatic heterocycles. The smallest absolute Gasteiger partial charge is 0.309 e. The summed E-state index contributed by atoms with van der Waals surface area (Å²) in [5.41, 5.74) is 0.502. The molecule has 0 saturated heterocycles. The lowest BCUT2D eigenvalue weighted by atomic mass is 9.98. The Morgan fingerprint density at radius 2 is 1.96 bits per heavy atom. The number of hydrogen-bond donors (Lipinski definition) is 2. The molecule has 7 nitrogen and oxygen atoms in total. The molecule has 2 N–H and O–H groups in total. The van der Waals surface area contributed by atoms with Gasteiger partial charge < -0.3 is 9.84 Å². The molecular weight excluding hydrogens is 334 g/mol. The van der Waals surface area contributed by atoms with Gasteiger partial charge in [-0.3, -0.25) is 9.59 Å².